The van der Waals surface area contributed by atoms with Crippen LogP contribution >= 0.6 is 0 Å². The molecular formula is C20H30N2O4. The molecule has 1 amide bonds. The number of carbonyl (C=O) groups is 2. The number of carboxylic acid groups (broad SMARTS) is 2. The van der Waals surface area contributed by atoms with E-state index in [-0.39, 0.29) is 24.0 Å². The molecular weight excluding hydrogens is 332 g/mol. The maximum Gasteiger partial charge on any atom is 0.407 e. The minimum absolute atomic E-state index is 0.0309. The molecule has 26 heavy (non-hydrogen) atoms. The van der Waals surface area contributed by atoms with Gasteiger partial charge in [-0.3, -0.25) is 4.79 Å². The second-order valence-electron chi connectivity index (χ2n) is 8.30. The van der Waals surface area contributed by atoms with Crippen molar-refractivity contribution in [2.45, 2.75) is 52.1 Å². The molecule has 0 saturated carbocycles. The molecule has 1 aliphatic rings. The zero-order valence-electron chi connectivity index (χ0n) is 15.8. The summed E-state index contributed by atoms with van der Waals surface area (Å²) in [5.41, 5.74) is 1.33. The maximum absolute atomic E-state index is 11.7. The number of piperidine rings is 1. The van der Waals surface area contributed by atoms with Crippen molar-refractivity contribution in [3.8, 4) is 0 Å². The van der Waals surface area contributed by atoms with Crippen LogP contribution in [0.3, 0.4) is 0 Å². The first-order valence-corrected chi connectivity index (χ1v) is 9.19. The SMILES string of the molecule is CC(C)(C)CC[C@H](NC1CCN(C(=O)O)CC1C(=O)O)c1ccccc1. The van der Waals surface area contributed by atoms with Crippen LogP contribution in [0.1, 0.15) is 51.6 Å². The molecule has 0 spiro atoms. The van der Waals surface area contributed by atoms with Crippen molar-refractivity contribution in [3.63, 3.8) is 0 Å². The Balaban J connectivity index is 2.15. The number of hydrogen-bond acceptors (Lipinski definition) is 3. The number of amides is 1. The van der Waals surface area contributed by atoms with E-state index in [0.717, 1.165) is 18.4 Å². The highest BCUT2D eigenvalue weighted by Crippen LogP contribution is 2.29. The van der Waals surface area contributed by atoms with E-state index in [0.29, 0.717) is 13.0 Å². The van der Waals surface area contributed by atoms with Gasteiger partial charge in [-0.2, -0.15) is 0 Å². The third-order valence-corrected chi connectivity index (χ3v) is 5.00. The van der Waals surface area contributed by atoms with Gasteiger partial charge in [0.1, 0.15) is 0 Å². The number of benzene rings is 1. The number of nitrogens with zero attached hydrogens (tertiary/aromatic N) is 1. The molecule has 6 nitrogen and oxygen atoms in total. The predicted molar refractivity (Wildman–Crippen MR) is 100 cm³/mol. The van der Waals surface area contributed by atoms with E-state index >= 15 is 0 Å². The lowest BCUT2D eigenvalue weighted by atomic mass is 9.85. The number of hydrogen-bond donors (Lipinski definition) is 3. The van der Waals surface area contributed by atoms with Crippen molar-refractivity contribution in [2.24, 2.45) is 11.3 Å². The van der Waals surface area contributed by atoms with Crippen LogP contribution in [0.2, 0.25) is 0 Å². The molecule has 1 fully saturated rings. The first kappa shape index (κ1) is 20.2. The number of aliphatic carboxylic acids is 1. The molecule has 1 aromatic rings. The Morgan fingerprint density at radius 1 is 1.23 bits per heavy atom. The summed E-state index contributed by atoms with van der Waals surface area (Å²) in [5, 5.41) is 22.3. The summed E-state index contributed by atoms with van der Waals surface area (Å²) in [4.78, 5) is 24.1. The Labute approximate surface area is 155 Å². The Kier molecular flexibility index (Phi) is 6.64. The number of nitrogens with one attached hydrogen (secondary N) is 1. The summed E-state index contributed by atoms with van der Waals surface area (Å²) in [6, 6.07) is 9.87. The van der Waals surface area contributed by atoms with Gasteiger partial charge in [0.2, 0.25) is 0 Å². The molecule has 3 N–H and O–H groups in total. The van der Waals surface area contributed by atoms with Gasteiger partial charge in [-0.05, 0) is 30.2 Å². The average molecular weight is 362 g/mol. The molecule has 144 valence electrons. The normalized spacial score (nSPS) is 22.0. The number of carboxylic acids is 1. The van der Waals surface area contributed by atoms with Crippen molar-refractivity contribution in [3.05, 3.63) is 35.9 Å². The van der Waals surface area contributed by atoms with Crippen molar-refractivity contribution < 1.29 is 19.8 Å². The summed E-state index contributed by atoms with van der Waals surface area (Å²) in [5.74, 6) is -1.68. The van der Waals surface area contributed by atoms with Gasteiger partial charge in [-0.25, -0.2) is 4.79 Å². The van der Waals surface area contributed by atoms with Gasteiger partial charge in [-0.1, -0.05) is 51.1 Å². The lowest BCUT2D eigenvalue weighted by Crippen LogP contribution is -2.54. The number of likely N-dealkylation sites (tertiary alicyclic amines) is 1. The van der Waals surface area contributed by atoms with Crippen molar-refractivity contribution in [1.29, 1.82) is 0 Å². The minimum atomic E-state index is -1.05. The molecule has 0 aromatic heterocycles. The topological polar surface area (TPSA) is 89.9 Å². The molecule has 2 rings (SSSR count). The molecule has 0 bridgehead atoms. The van der Waals surface area contributed by atoms with Gasteiger partial charge >= 0.3 is 12.1 Å². The summed E-state index contributed by atoms with van der Waals surface area (Å²) in [7, 11) is 0. The van der Waals surface area contributed by atoms with Gasteiger partial charge in [0.05, 0.1) is 5.92 Å². The molecule has 0 aliphatic carbocycles. The molecule has 6 heteroatoms. The fourth-order valence-electron chi connectivity index (χ4n) is 3.44. The monoisotopic (exact) mass is 362 g/mol. The zero-order valence-corrected chi connectivity index (χ0v) is 15.8. The second-order valence-corrected chi connectivity index (χ2v) is 8.30. The van der Waals surface area contributed by atoms with Gasteiger partial charge in [-0.15, -0.1) is 0 Å². The van der Waals surface area contributed by atoms with Crippen LogP contribution in [-0.4, -0.2) is 46.3 Å². The van der Waals surface area contributed by atoms with Crippen LogP contribution in [0.15, 0.2) is 30.3 Å². The standard InChI is InChI=1S/C20H30N2O4/c1-20(2,3)11-9-16(14-7-5-4-6-8-14)21-17-10-12-22(19(25)26)13-15(17)18(23)24/h4-8,15-17,21H,9-13H2,1-3H3,(H,23,24)(H,25,26)/t15?,16-,17?/m0/s1. The van der Waals surface area contributed by atoms with Crippen LogP contribution in [0.4, 0.5) is 4.79 Å². The smallest absolute Gasteiger partial charge is 0.407 e. The Hall–Kier alpha value is -2.08. The molecule has 1 heterocycles. The minimum Gasteiger partial charge on any atom is -0.481 e. The molecule has 1 aromatic carbocycles. The average Bonchev–Trinajstić information content (AvgIpc) is 2.58. The highest BCUT2D eigenvalue weighted by molar-refractivity contribution is 5.73. The molecule has 2 unspecified atom stereocenters. The van der Waals surface area contributed by atoms with E-state index in [9.17, 15) is 19.8 Å². The van der Waals surface area contributed by atoms with Crippen LogP contribution in [-0.2, 0) is 4.79 Å². The molecule has 0 radical (unpaired) electrons. The third-order valence-electron chi connectivity index (χ3n) is 5.00. The van der Waals surface area contributed by atoms with Crippen LogP contribution in [0, 0.1) is 11.3 Å². The van der Waals surface area contributed by atoms with Gasteiger partial charge in [0.25, 0.3) is 0 Å². The summed E-state index contributed by atoms with van der Waals surface area (Å²) in [6.45, 7) is 6.97. The van der Waals surface area contributed by atoms with Crippen molar-refractivity contribution in [1.82, 2.24) is 10.2 Å². The molecule has 3 atom stereocenters. The molecule has 1 saturated heterocycles. The maximum atomic E-state index is 11.7. The van der Waals surface area contributed by atoms with E-state index in [1.807, 2.05) is 18.2 Å². The summed E-state index contributed by atoms with van der Waals surface area (Å²) in [6.07, 6.45) is 1.36. The predicted octanol–water partition coefficient (Wildman–Crippen LogP) is 3.60. The fraction of sp³-hybridized carbons (Fsp3) is 0.600. The zero-order chi connectivity index (χ0) is 19.3. The van der Waals surface area contributed by atoms with E-state index in [1.54, 1.807) is 0 Å². The van der Waals surface area contributed by atoms with E-state index in [4.69, 9.17) is 0 Å². The number of rotatable bonds is 6. The van der Waals surface area contributed by atoms with E-state index in [2.05, 4.69) is 38.2 Å². The third kappa shape index (κ3) is 5.73. The van der Waals surface area contributed by atoms with Gasteiger partial charge in [0.15, 0.2) is 0 Å². The van der Waals surface area contributed by atoms with Crippen LogP contribution in [0.25, 0.3) is 0 Å². The van der Waals surface area contributed by atoms with Gasteiger partial charge in [0, 0.05) is 25.2 Å². The van der Waals surface area contributed by atoms with Crippen LogP contribution in [0.5, 0.6) is 0 Å². The van der Waals surface area contributed by atoms with Crippen LogP contribution < -0.4 is 5.32 Å². The summed E-state index contributed by atoms with van der Waals surface area (Å²) < 4.78 is 0. The highest BCUT2D eigenvalue weighted by atomic mass is 16.4. The van der Waals surface area contributed by atoms with Crippen molar-refractivity contribution >= 4 is 12.1 Å². The second kappa shape index (κ2) is 8.54. The van der Waals surface area contributed by atoms with E-state index < -0.39 is 18.0 Å². The van der Waals surface area contributed by atoms with E-state index in [1.165, 1.54) is 4.90 Å². The Bertz CT molecular complexity index is 612. The first-order chi connectivity index (χ1) is 12.2. The quantitative estimate of drug-likeness (QED) is 0.719. The van der Waals surface area contributed by atoms with Gasteiger partial charge < -0.3 is 20.4 Å². The Morgan fingerprint density at radius 3 is 2.42 bits per heavy atom. The first-order valence-electron chi connectivity index (χ1n) is 9.19. The summed E-state index contributed by atoms with van der Waals surface area (Å²) >= 11 is 0. The largest absolute Gasteiger partial charge is 0.481 e. The lowest BCUT2D eigenvalue weighted by Gasteiger charge is -2.38. The Morgan fingerprint density at radius 2 is 1.88 bits per heavy atom. The lowest BCUT2D eigenvalue weighted by molar-refractivity contribution is -0.144. The van der Waals surface area contributed by atoms with Crippen molar-refractivity contribution in [2.75, 3.05) is 13.1 Å². The fourth-order valence-corrected chi connectivity index (χ4v) is 3.44. The highest BCUT2D eigenvalue weighted by Gasteiger charge is 2.37. The molecule has 1 aliphatic heterocycles.